The molecule has 1 aromatic rings. The fraction of sp³-hybridized carbons (Fsp3) is 0.467. The summed E-state index contributed by atoms with van der Waals surface area (Å²) in [7, 11) is 0. The Morgan fingerprint density at radius 3 is 2.35 bits per heavy atom. The molecule has 0 saturated carbocycles. The SMILES string of the molecule is CCC(=O)Nc1cccc(NC(=O)C(N)C(C)CC)c1. The average molecular weight is 277 g/mol. The van der Waals surface area contributed by atoms with E-state index in [4.69, 9.17) is 5.73 Å². The maximum atomic E-state index is 12.0. The first-order valence-electron chi connectivity index (χ1n) is 6.94. The highest BCUT2D eigenvalue weighted by Gasteiger charge is 2.19. The third-order valence-electron chi connectivity index (χ3n) is 3.29. The molecule has 0 aliphatic carbocycles. The van der Waals surface area contributed by atoms with Crippen LogP contribution < -0.4 is 16.4 Å². The second-order valence-corrected chi connectivity index (χ2v) is 4.88. The van der Waals surface area contributed by atoms with Crippen LogP contribution in [0.25, 0.3) is 0 Å². The molecule has 0 aromatic heterocycles. The maximum absolute atomic E-state index is 12.0. The summed E-state index contributed by atoms with van der Waals surface area (Å²) >= 11 is 0. The van der Waals surface area contributed by atoms with Crippen LogP contribution in [0.1, 0.15) is 33.6 Å². The summed E-state index contributed by atoms with van der Waals surface area (Å²) in [6.07, 6.45) is 1.26. The predicted molar refractivity (Wildman–Crippen MR) is 81.4 cm³/mol. The fourth-order valence-corrected chi connectivity index (χ4v) is 1.66. The van der Waals surface area contributed by atoms with Gasteiger partial charge in [0.2, 0.25) is 11.8 Å². The highest BCUT2D eigenvalue weighted by atomic mass is 16.2. The zero-order valence-corrected chi connectivity index (χ0v) is 12.3. The molecule has 0 aliphatic rings. The van der Waals surface area contributed by atoms with Gasteiger partial charge < -0.3 is 16.4 Å². The monoisotopic (exact) mass is 277 g/mol. The molecule has 5 nitrogen and oxygen atoms in total. The van der Waals surface area contributed by atoms with E-state index in [1.54, 1.807) is 31.2 Å². The summed E-state index contributed by atoms with van der Waals surface area (Å²) in [4.78, 5) is 23.3. The van der Waals surface area contributed by atoms with Gasteiger partial charge in [0, 0.05) is 17.8 Å². The van der Waals surface area contributed by atoms with Gasteiger partial charge in [-0.25, -0.2) is 0 Å². The van der Waals surface area contributed by atoms with Crippen molar-refractivity contribution in [3.63, 3.8) is 0 Å². The van der Waals surface area contributed by atoms with Crippen molar-refractivity contribution in [2.24, 2.45) is 11.7 Å². The molecule has 2 atom stereocenters. The minimum atomic E-state index is -0.533. The second-order valence-electron chi connectivity index (χ2n) is 4.88. The van der Waals surface area contributed by atoms with Crippen LogP contribution in [0.15, 0.2) is 24.3 Å². The van der Waals surface area contributed by atoms with E-state index < -0.39 is 6.04 Å². The van der Waals surface area contributed by atoms with Gasteiger partial charge in [0.15, 0.2) is 0 Å². The number of anilines is 2. The van der Waals surface area contributed by atoms with Gasteiger partial charge in [-0.2, -0.15) is 0 Å². The van der Waals surface area contributed by atoms with Crippen molar-refractivity contribution in [3.8, 4) is 0 Å². The average Bonchev–Trinajstić information content (AvgIpc) is 2.45. The first kappa shape index (κ1) is 16.2. The standard InChI is InChI=1S/C15H23N3O2/c1-4-10(3)14(16)15(20)18-12-8-6-7-11(9-12)17-13(19)5-2/h6-10,14H,4-5,16H2,1-3H3,(H,17,19)(H,18,20). The highest BCUT2D eigenvalue weighted by Crippen LogP contribution is 2.16. The summed E-state index contributed by atoms with van der Waals surface area (Å²) in [5.74, 6) is -0.152. The lowest BCUT2D eigenvalue weighted by Crippen LogP contribution is -2.40. The Kier molecular flexibility index (Phi) is 6.18. The van der Waals surface area contributed by atoms with E-state index >= 15 is 0 Å². The molecule has 0 spiro atoms. The molecule has 0 saturated heterocycles. The predicted octanol–water partition coefficient (Wildman–Crippen LogP) is 2.35. The third-order valence-corrected chi connectivity index (χ3v) is 3.29. The number of amides is 2. The van der Waals surface area contributed by atoms with E-state index in [1.807, 2.05) is 13.8 Å². The van der Waals surface area contributed by atoms with Gasteiger partial charge in [-0.05, 0) is 24.1 Å². The van der Waals surface area contributed by atoms with Crippen LogP contribution in [-0.4, -0.2) is 17.9 Å². The van der Waals surface area contributed by atoms with E-state index in [0.29, 0.717) is 17.8 Å². The molecule has 0 heterocycles. The lowest BCUT2D eigenvalue weighted by Gasteiger charge is -2.18. The number of hydrogen-bond acceptors (Lipinski definition) is 3. The Morgan fingerprint density at radius 1 is 1.20 bits per heavy atom. The minimum Gasteiger partial charge on any atom is -0.326 e. The second kappa shape index (κ2) is 7.65. The molecular formula is C15H23N3O2. The first-order chi connectivity index (χ1) is 9.47. The van der Waals surface area contributed by atoms with Crippen molar-refractivity contribution >= 4 is 23.2 Å². The normalized spacial score (nSPS) is 13.4. The fourth-order valence-electron chi connectivity index (χ4n) is 1.66. The summed E-state index contributed by atoms with van der Waals surface area (Å²) in [5, 5.41) is 5.52. The van der Waals surface area contributed by atoms with Crippen molar-refractivity contribution < 1.29 is 9.59 Å². The van der Waals surface area contributed by atoms with Gasteiger partial charge in [0.05, 0.1) is 6.04 Å². The minimum absolute atomic E-state index is 0.0650. The number of nitrogens with two attached hydrogens (primary N) is 1. The van der Waals surface area contributed by atoms with Crippen molar-refractivity contribution in [2.75, 3.05) is 10.6 Å². The number of benzene rings is 1. The van der Waals surface area contributed by atoms with Gasteiger partial charge >= 0.3 is 0 Å². The molecule has 0 fully saturated rings. The topological polar surface area (TPSA) is 84.2 Å². The molecule has 1 aromatic carbocycles. The molecule has 2 amide bonds. The Labute approximate surface area is 119 Å². The number of carbonyl (C=O) groups excluding carboxylic acids is 2. The molecule has 5 heteroatoms. The van der Waals surface area contributed by atoms with Crippen LogP contribution in [0.2, 0.25) is 0 Å². The van der Waals surface area contributed by atoms with Gasteiger partial charge in [0.1, 0.15) is 0 Å². The first-order valence-corrected chi connectivity index (χ1v) is 6.94. The Hall–Kier alpha value is -1.88. The van der Waals surface area contributed by atoms with E-state index in [0.717, 1.165) is 6.42 Å². The number of hydrogen-bond donors (Lipinski definition) is 3. The molecule has 2 unspecified atom stereocenters. The number of carbonyl (C=O) groups is 2. The molecule has 0 aliphatic heterocycles. The van der Waals surface area contributed by atoms with Crippen LogP contribution >= 0.6 is 0 Å². The summed E-state index contributed by atoms with van der Waals surface area (Å²) < 4.78 is 0. The van der Waals surface area contributed by atoms with Crippen LogP contribution in [0.4, 0.5) is 11.4 Å². The third kappa shape index (κ3) is 4.66. The molecule has 0 radical (unpaired) electrons. The Balaban J connectivity index is 2.71. The van der Waals surface area contributed by atoms with E-state index in [1.165, 1.54) is 0 Å². The largest absolute Gasteiger partial charge is 0.326 e. The molecule has 1 rings (SSSR count). The Morgan fingerprint density at radius 2 is 1.80 bits per heavy atom. The Bertz CT molecular complexity index is 474. The zero-order chi connectivity index (χ0) is 15.1. The van der Waals surface area contributed by atoms with E-state index in [-0.39, 0.29) is 17.7 Å². The molecular weight excluding hydrogens is 254 g/mol. The lowest BCUT2D eigenvalue weighted by molar-refractivity contribution is -0.118. The number of rotatable bonds is 6. The zero-order valence-electron chi connectivity index (χ0n) is 12.3. The highest BCUT2D eigenvalue weighted by molar-refractivity contribution is 5.96. The van der Waals surface area contributed by atoms with Crippen molar-refractivity contribution in [2.45, 2.75) is 39.7 Å². The van der Waals surface area contributed by atoms with Gasteiger partial charge in [-0.1, -0.05) is 33.3 Å². The summed E-state index contributed by atoms with van der Waals surface area (Å²) in [6, 6.07) is 6.50. The van der Waals surface area contributed by atoms with Gasteiger partial charge in [-0.3, -0.25) is 9.59 Å². The lowest BCUT2D eigenvalue weighted by atomic mass is 9.99. The van der Waals surface area contributed by atoms with Gasteiger partial charge in [0.25, 0.3) is 0 Å². The van der Waals surface area contributed by atoms with E-state index in [9.17, 15) is 9.59 Å². The molecule has 0 bridgehead atoms. The van der Waals surface area contributed by atoms with Crippen molar-refractivity contribution in [1.82, 2.24) is 0 Å². The summed E-state index contributed by atoms with van der Waals surface area (Å²) in [5.41, 5.74) is 7.16. The number of nitrogens with one attached hydrogen (secondary N) is 2. The molecule has 110 valence electrons. The smallest absolute Gasteiger partial charge is 0.241 e. The maximum Gasteiger partial charge on any atom is 0.241 e. The van der Waals surface area contributed by atoms with Crippen LogP contribution in [0, 0.1) is 5.92 Å². The summed E-state index contributed by atoms with van der Waals surface area (Å²) in [6.45, 7) is 5.73. The molecule has 20 heavy (non-hydrogen) atoms. The van der Waals surface area contributed by atoms with Gasteiger partial charge in [-0.15, -0.1) is 0 Å². The molecule has 4 N–H and O–H groups in total. The van der Waals surface area contributed by atoms with E-state index in [2.05, 4.69) is 10.6 Å². The van der Waals surface area contributed by atoms with Crippen LogP contribution in [-0.2, 0) is 9.59 Å². The quantitative estimate of drug-likeness (QED) is 0.746. The van der Waals surface area contributed by atoms with Crippen LogP contribution in [0.5, 0.6) is 0 Å². The van der Waals surface area contributed by atoms with Crippen molar-refractivity contribution in [3.05, 3.63) is 24.3 Å². The van der Waals surface area contributed by atoms with Crippen molar-refractivity contribution in [1.29, 1.82) is 0 Å². The van der Waals surface area contributed by atoms with Crippen LogP contribution in [0.3, 0.4) is 0 Å².